The lowest BCUT2D eigenvalue weighted by Crippen LogP contribution is -2.48. The van der Waals surface area contributed by atoms with Crippen LogP contribution >= 0.6 is 12.4 Å². The molecule has 1 unspecified atom stereocenters. The van der Waals surface area contributed by atoms with Gasteiger partial charge < -0.3 is 5.32 Å². The Labute approximate surface area is 132 Å². The largest absolute Gasteiger partial charge is 0.315 e. The van der Waals surface area contributed by atoms with Crippen LogP contribution in [0.25, 0.3) is 0 Å². The fourth-order valence-corrected chi connectivity index (χ4v) is 4.53. The highest BCUT2D eigenvalue weighted by Gasteiger charge is 2.34. The standard InChI is InChI=1S/C14H21N3O2S.ClH/c1-16(14-6-8-15-10-14)20(18,19)17-9-7-12-4-2-3-5-13(12)11-17;/h2-5,14-15H,6-11H2,1H3;1H. The minimum atomic E-state index is -3.36. The van der Waals surface area contributed by atoms with Crippen LogP contribution in [0.5, 0.6) is 0 Å². The average molecular weight is 332 g/mol. The first-order valence-electron chi connectivity index (χ1n) is 7.09. The zero-order valence-corrected chi connectivity index (χ0v) is 13.8. The molecule has 0 saturated carbocycles. The van der Waals surface area contributed by atoms with Crippen molar-refractivity contribution in [2.75, 3.05) is 26.7 Å². The first kappa shape index (κ1) is 16.7. The summed E-state index contributed by atoms with van der Waals surface area (Å²) in [7, 11) is -1.66. The fraction of sp³-hybridized carbons (Fsp3) is 0.571. The third-order valence-corrected chi connectivity index (χ3v) is 6.32. The lowest BCUT2D eigenvalue weighted by atomic mass is 10.0. The molecule has 1 saturated heterocycles. The van der Waals surface area contributed by atoms with Crippen molar-refractivity contribution < 1.29 is 8.42 Å². The van der Waals surface area contributed by atoms with Gasteiger partial charge in [0, 0.05) is 32.7 Å². The van der Waals surface area contributed by atoms with E-state index in [2.05, 4.69) is 11.4 Å². The van der Waals surface area contributed by atoms with Crippen LogP contribution in [0, 0.1) is 0 Å². The van der Waals surface area contributed by atoms with Gasteiger partial charge in [0.05, 0.1) is 0 Å². The zero-order chi connectivity index (χ0) is 14.2. The van der Waals surface area contributed by atoms with Crippen molar-refractivity contribution in [2.24, 2.45) is 0 Å². The summed E-state index contributed by atoms with van der Waals surface area (Å²) in [5.74, 6) is 0. The molecule has 0 amide bonds. The zero-order valence-electron chi connectivity index (χ0n) is 12.2. The molecule has 3 rings (SSSR count). The van der Waals surface area contributed by atoms with Crippen LogP contribution in [-0.2, 0) is 23.2 Å². The van der Waals surface area contributed by atoms with E-state index in [1.54, 1.807) is 15.7 Å². The summed E-state index contributed by atoms with van der Waals surface area (Å²) in [5.41, 5.74) is 2.39. The molecule has 0 aromatic heterocycles. The van der Waals surface area contributed by atoms with E-state index in [9.17, 15) is 8.42 Å². The van der Waals surface area contributed by atoms with Gasteiger partial charge in [0.15, 0.2) is 0 Å². The summed E-state index contributed by atoms with van der Waals surface area (Å²) >= 11 is 0. The molecule has 0 spiro atoms. The second kappa shape index (κ2) is 6.62. The van der Waals surface area contributed by atoms with Crippen molar-refractivity contribution in [1.29, 1.82) is 0 Å². The van der Waals surface area contributed by atoms with E-state index in [0.717, 1.165) is 31.5 Å². The number of benzene rings is 1. The molecule has 1 aromatic rings. The Morgan fingerprint density at radius 2 is 2.00 bits per heavy atom. The number of hydrogen-bond donors (Lipinski definition) is 1. The van der Waals surface area contributed by atoms with Crippen LogP contribution in [0.15, 0.2) is 24.3 Å². The van der Waals surface area contributed by atoms with Crippen LogP contribution in [0.4, 0.5) is 0 Å². The Morgan fingerprint density at radius 1 is 1.29 bits per heavy atom. The average Bonchev–Trinajstić information content (AvgIpc) is 3.00. The third kappa shape index (κ3) is 3.24. The van der Waals surface area contributed by atoms with Crippen LogP contribution in [-0.4, -0.2) is 49.8 Å². The van der Waals surface area contributed by atoms with Crippen LogP contribution < -0.4 is 5.32 Å². The summed E-state index contributed by atoms with van der Waals surface area (Å²) in [5, 5.41) is 3.22. The second-order valence-corrected chi connectivity index (χ2v) is 7.51. The predicted octanol–water partition coefficient (Wildman–Crippen LogP) is 1.01. The van der Waals surface area contributed by atoms with Gasteiger partial charge in [0.25, 0.3) is 10.2 Å². The Balaban J connectivity index is 0.00000161. The van der Waals surface area contributed by atoms with Crippen molar-refractivity contribution in [3.8, 4) is 0 Å². The topological polar surface area (TPSA) is 52.7 Å². The van der Waals surface area contributed by atoms with Crippen LogP contribution in [0.3, 0.4) is 0 Å². The first-order chi connectivity index (χ1) is 9.59. The van der Waals surface area contributed by atoms with Gasteiger partial charge in [-0.05, 0) is 30.5 Å². The maximum absolute atomic E-state index is 12.7. The summed E-state index contributed by atoms with van der Waals surface area (Å²) in [6.07, 6.45) is 1.69. The van der Waals surface area contributed by atoms with Crippen LogP contribution in [0.1, 0.15) is 17.5 Å². The molecular weight excluding hydrogens is 310 g/mol. The number of halogens is 1. The van der Waals surface area contributed by atoms with Gasteiger partial charge in [-0.15, -0.1) is 12.4 Å². The van der Waals surface area contributed by atoms with E-state index in [0.29, 0.717) is 13.1 Å². The van der Waals surface area contributed by atoms with Gasteiger partial charge in [0.1, 0.15) is 0 Å². The lowest BCUT2D eigenvalue weighted by molar-refractivity contribution is 0.314. The highest BCUT2D eigenvalue weighted by atomic mass is 35.5. The lowest BCUT2D eigenvalue weighted by Gasteiger charge is -2.33. The molecule has 0 radical (unpaired) electrons. The van der Waals surface area contributed by atoms with Crippen molar-refractivity contribution in [3.63, 3.8) is 0 Å². The number of hydrogen-bond acceptors (Lipinski definition) is 3. The highest BCUT2D eigenvalue weighted by Crippen LogP contribution is 2.23. The Kier molecular flexibility index (Phi) is 5.27. The fourth-order valence-electron chi connectivity index (χ4n) is 2.99. The maximum atomic E-state index is 12.7. The minimum absolute atomic E-state index is 0. The SMILES string of the molecule is CN(C1CCNC1)S(=O)(=O)N1CCc2ccccc2C1.Cl. The molecule has 2 aliphatic heterocycles. The summed E-state index contributed by atoms with van der Waals surface area (Å²) in [6.45, 7) is 2.71. The molecule has 1 aromatic carbocycles. The number of fused-ring (bicyclic) bond motifs is 1. The summed E-state index contributed by atoms with van der Waals surface area (Å²) in [6, 6.07) is 8.17. The van der Waals surface area contributed by atoms with E-state index in [-0.39, 0.29) is 18.4 Å². The Bertz CT molecular complexity index is 588. The molecule has 2 heterocycles. The number of nitrogens with one attached hydrogen (secondary N) is 1. The molecule has 0 aliphatic carbocycles. The summed E-state index contributed by atoms with van der Waals surface area (Å²) < 4.78 is 28.6. The van der Waals surface area contributed by atoms with Crippen molar-refractivity contribution >= 4 is 22.6 Å². The van der Waals surface area contributed by atoms with E-state index < -0.39 is 10.2 Å². The number of rotatable bonds is 3. The molecule has 5 nitrogen and oxygen atoms in total. The van der Waals surface area contributed by atoms with E-state index >= 15 is 0 Å². The third-order valence-electron chi connectivity index (χ3n) is 4.33. The highest BCUT2D eigenvalue weighted by molar-refractivity contribution is 7.86. The number of nitrogens with zero attached hydrogens (tertiary/aromatic N) is 2. The Hall–Kier alpha value is -0.660. The molecular formula is C14H22ClN3O2S. The molecule has 2 aliphatic rings. The molecule has 118 valence electrons. The quantitative estimate of drug-likeness (QED) is 0.899. The predicted molar refractivity (Wildman–Crippen MR) is 85.8 cm³/mol. The first-order valence-corrected chi connectivity index (χ1v) is 8.49. The molecule has 0 bridgehead atoms. The van der Waals surface area contributed by atoms with Gasteiger partial charge >= 0.3 is 0 Å². The molecule has 1 atom stereocenters. The van der Waals surface area contributed by atoms with Gasteiger partial charge in [-0.25, -0.2) is 0 Å². The van der Waals surface area contributed by atoms with Gasteiger partial charge in [-0.2, -0.15) is 17.0 Å². The normalized spacial score (nSPS) is 22.9. The molecule has 1 fully saturated rings. The summed E-state index contributed by atoms with van der Waals surface area (Å²) in [4.78, 5) is 0. The smallest absolute Gasteiger partial charge is 0.282 e. The van der Waals surface area contributed by atoms with E-state index in [4.69, 9.17) is 0 Å². The van der Waals surface area contributed by atoms with Gasteiger partial charge in [-0.1, -0.05) is 24.3 Å². The van der Waals surface area contributed by atoms with Crippen molar-refractivity contribution in [3.05, 3.63) is 35.4 Å². The molecule has 7 heteroatoms. The monoisotopic (exact) mass is 331 g/mol. The maximum Gasteiger partial charge on any atom is 0.282 e. The number of likely N-dealkylation sites (N-methyl/N-ethyl adjacent to an activating group) is 1. The van der Waals surface area contributed by atoms with Crippen molar-refractivity contribution in [2.45, 2.75) is 25.4 Å². The van der Waals surface area contributed by atoms with Gasteiger partial charge in [0.2, 0.25) is 0 Å². The minimum Gasteiger partial charge on any atom is -0.315 e. The van der Waals surface area contributed by atoms with Crippen molar-refractivity contribution in [1.82, 2.24) is 13.9 Å². The van der Waals surface area contributed by atoms with E-state index in [1.807, 2.05) is 18.2 Å². The second-order valence-electron chi connectivity index (χ2n) is 5.52. The Morgan fingerprint density at radius 3 is 2.67 bits per heavy atom. The molecule has 1 N–H and O–H groups in total. The van der Waals surface area contributed by atoms with Gasteiger partial charge in [-0.3, -0.25) is 0 Å². The molecule has 21 heavy (non-hydrogen) atoms. The van der Waals surface area contributed by atoms with E-state index in [1.165, 1.54) is 5.56 Å². The van der Waals surface area contributed by atoms with Crippen LogP contribution in [0.2, 0.25) is 0 Å².